The third-order valence-electron chi connectivity index (χ3n) is 7.43. The van der Waals surface area contributed by atoms with Crippen LogP contribution in [-0.4, -0.2) is 81.1 Å². The largest absolute Gasteiger partial charge is 0.490 e. The van der Waals surface area contributed by atoms with Gasteiger partial charge in [0.25, 0.3) is 10.0 Å². The molecule has 0 saturated carbocycles. The molecular formula is C27H29ClF3N3O5S2. The fraction of sp³-hybridized carbons (Fsp3) is 0.407. The fourth-order valence-electron chi connectivity index (χ4n) is 5.14. The first-order valence-electron chi connectivity index (χ1n) is 12.7. The average Bonchev–Trinajstić information content (AvgIpc) is 3.47. The van der Waals surface area contributed by atoms with Crippen molar-refractivity contribution in [1.82, 2.24) is 9.80 Å². The van der Waals surface area contributed by atoms with Crippen LogP contribution in [0.1, 0.15) is 29.9 Å². The normalized spacial score (nSPS) is 18.1. The van der Waals surface area contributed by atoms with Crippen molar-refractivity contribution >= 4 is 60.6 Å². The number of halogens is 4. The van der Waals surface area contributed by atoms with Gasteiger partial charge in [0.15, 0.2) is 0 Å². The van der Waals surface area contributed by atoms with Crippen molar-refractivity contribution < 1.29 is 36.3 Å². The lowest BCUT2D eigenvalue weighted by Gasteiger charge is -2.36. The monoisotopic (exact) mass is 631 g/mol. The number of anilines is 1. The second-order valence-corrected chi connectivity index (χ2v) is 13.6. The van der Waals surface area contributed by atoms with Crippen molar-refractivity contribution in [3.8, 4) is 0 Å². The van der Waals surface area contributed by atoms with Gasteiger partial charge in [-0.1, -0.05) is 29.8 Å². The van der Waals surface area contributed by atoms with Crippen molar-refractivity contribution in [1.29, 1.82) is 0 Å². The number of benzene rings is 2. The highest BCUT2D eigenvalue weighted by Gasteiger charge is 2.43. The van der Waals surface area contributed by atoms with Crippen LogP contribution < -0.4 is 4.31 Å². The molecule has 8 nitrogen and oxygen atoms in total. The Balaban J connectivity index is 0.000000493. The molecule has 1 N–H and O–H groups in total. The predicted molar refractivity (Wildman–Crippen MR) is 152 cm³/mol. The molecule has 0 radical (unpaired) electrons. The molecule has 41 heavy (non-hydrogen) atoms. The molecule has 1 saturated heterocycles. The van der Waals surface area contributed by atoms with E-state index in [0.29, 0.717) is 20.5 Å². The summed E-state index contributed by atoms with van der Waals surface area (Å²) in [6.07, 6.45) is -3.22. The van der Waals surface area contributed by atoms with E-state index >= 15 is 0 Å². The Morgan fingerprint density at radius 3 is 2.34 bits per heavy atom. The van der Waals surface area contributed by atoms with Crippen LogP contribution in [0.25, 0.3) is 10.1 Å². The maximum Gasteiger partial charge on any atom is 0.490 e. The average molecular weight is 632 g/mol. The zero-order chi connectivity index (χ0) is 30.3. The van der Waals surface area contributed by atoms with Gasteiger partial charge in [0, 0.05) is 22.8 Å². The van der Waals surface area contributed by atoms with Crippen molar-refractivity contribution in [3.05, 3.63) is 58.6 Å². The van der Waals surface area contributed by atoms with E-state index < -0.39 is 28.1 Å². The molecule has 1 fully saturated rings. The molecule has 0 aliphatic carbocycles. The van der Waals surface area contributed by atoms with Gasteiger partial charge in [-0.2, -0.15) is 13.2 Å². The van der Waals surface area contributed by atoms with Crippen LogP contribution in [0.15, 0.2) is 46.7 Å². The highest BCUT2D eigenvalue weighted by molar-refractivity contribution is 7.95. The highest BCUT2D eigenvalue weighted by Crippen LogP contribution is 2.44. The number of sulfonamides is 1. The van der Waals surface area contributed by atoms with Gasteiger partial charge in [-0.3, -0.25) is 9.10 Å². The molecule has 1 unspecified atom stereocenters. The Morgan fingerprint density at radius 2 is 1.73 bits per heavy atom. The molecule has 3 heterocycles. The number of rotatable bonds is 4. The third kappa shape index (κ3) is 6.32. The van der Waals surface area contributed by atoms with Crippen LogP contribution in [0.2, 0.25) is 5.02 Å². The Bertz CT molecular complexity index is 1570. The summed E-state index contributed by atoms with van der Waals surface area (Å²) in [5.41, 5.74) is 2.06. The predicted octanol–water partition coefficient (Wildman–Crippen LogP) is 5.34. The number of likely N-dealkylation sites (N-methyl/N-ethyl adjacent to an activating group) is 1. The van der Waals surface area contributed by atoms with E-state index in [1.54, 1.807) is 12.1 Å². The number of carboxylic acids is 1. The van der Waals surface area contributed by atoms with Crippen LogP contribution in [0.3, 0.4) is 0 Å². The van der Waals surface area contributed by atoms with E-state index in [1.165, 1.54) is 15.6 Å². The highest BCUT2D eigenvalue weighted by atomic mass is 35.5. The second-order valence-electron chi connectivity index (χ2n) is 10.1. The minimum absolute atomic E-state index is 0.0143. The zero-order valence-electron chi connectivity index (χ0n) is 22.5. The molecule has 1 atom stereocenters. The molecule has 222 valence electrons. The topological polar surface area (TPSA) is 98.2 Å². The molecule has 0 bridgehead atoms. The SMILES string of the molecule is Cc1c(S(=O)(=O)N2CC(C(=O)N(C)C3CCN(C)CC3)c3ccccc32)sc2ccc(Cl)cc12.O=C(O)C(F)(F)F. The Kier molecular flexibility index (Phi) is 8.93. The number of aryl methyl sites for hydroxylation is 1. The van der Waals surface area contributed by atoms with E-state index in [9.17, 15) is 26.4 Å². The summed E-state index contributed by atoms with van der Waals surface area (Å²) in [6, 6.07) is 13.0. The first-order valence-corrected chi connectivity index (χ1v) is 15.3. The summed E-state index contributed by atoms with van der Waals surface area (Å²) < 4.78 is 62.2. The Labute approximate surface area is 245 Å². The van der Waals surface area contributed by atoms with E-state index in [0.717, 1.165) is 41.6 Å². The lowest BCUT2D eigenvalue weighted by atomic mass is 9.97. The standard InChI is InChI=1S/C25H28ClN3O3S2.C2HF3O2/c1-16-20-14-17(26)8-9-23(20)33-25(16)34(31,32)29-15-21(19-6-4-5-7-22(19)29)24(30)28(3)18-10-12-27(2)13-11-18;3-2(4,5)1(6)7/h4-9,14,18,21H,10-13,15H2,1-3H3;(H,6,7). The summed E-state index contributed by atoms with van der Waals surface area (Å²) in [6.45, 7) is 3.85. The summed E-state index contributed by atoms with van der Waals surface area (Å²) in [4.78, 5) is 26.6. The maximum absolute atomic E-state index is 13.9. The smallest absolute Gasteiger partial charge is 0.475 e. The van der Waals surface area contributed by atoms with Crippen LogP contribution in [0, 0.1) is 6.92 Å². The van der Waals surface area contributed by atoms with Gasteiger partial charge in [0.2, 0.25) is 5.91 Å². The number of likely N-dealkylation sites (tertiary alicyclic amines) is 1. The number of amides is 1. The Hall–Kier alpha value is -2.87. The van der Waals surface area contributed by atoms with Gasteiger partial charge in [-0.25, -0.2) is 13.2 Å². The van der Waals surface area contributed by atoms with Crippen molar-refractivity contribution in [2.75, 3.05) is 38.0 Å². The van der Waals surface area contributed by atoms with Gasteiger partial charge in [-0.05, 0) is 80.7 Å². The molecule has 0 spiro atoms. The molecule has 1 amide bonds. The lowest BCUT2D eigenvalue weighted by Crippen LogP contribution is -2.46. The van der Waals surface area contributed by atoms with Crippen LogP contribution in [0.5, 0.6) is 0 Å². The molecule has 2 aliphatic rings. The van der Waals surface area contributed by atoms with E-state index in [2.05, 4.69) is 11.9 Å². The number of nitrogens with zero attached hydrogens (tertiary/aromatic N) is 3. The Morgan fingerprint density at radius 1 is 1.12 bits per heavy atom. The van der Waals surface area contributed by atoms with Gasteiger partial charge < -0.3 is 14.9 Å². The molecule has 3 aromatic rings. The number of carboxylic acid groups (broad SMARTS) is 1. The number of fused-ring (bicyclic) bond motifs is 2. The summed E-state index contributed by atoms with van der Waals surface area (Å²) >= 11 is 7.42. The lowest BCUT2D eigenvalue weighted by molar-refractivity contribution is -0.192. The number of alkyl halides is 3. The van der Waals surface area contributed by atoms with E-state index in [-0.39, 0.29) is 18.5 Å². The van der Waals surface area contributed by atoms with E-state index in [1.807, 2.05) is 49.2 Å². The number of carbonyl (C=O) groups is 2. The molecule has 5 rings (SSSR count). The van der Waals surface area contributed by atoms with Crippen LogP contribution >= 0.6 is 22.9 Å². The van der Waals surface area contributed by atoms with Crippen molar-refractivity contribution in [2.45, 2.75) is 42.1 Å². The minimum Gasteiger partial charge on any atom is -0.475 e. The molecule has 1 aromatic heterocycles. The van der Waals surface area contributed by atoms with Gasteiger partial charge in [0.05, 0.1) is 18.2 Å². The summed E-state index contributed by atoms with van der Waals surface area (Å²) in [7, 11) is 0.104. The molecule has 2 aromatic carbocycles. The van der Waals surface area contributed by atoms with Gasteiger partial charge in [-0.15, -0.1) is 11.3 Å². The first kappa shape index (κ1) is 31.1. The minimum atomic E-state index is -5.08. The number of aliphatic carboxylic acids is 1. The third-order valence-corrected chi connectivity index (χ3v) is 11.3. The quantitative estimate of drug-likeness (QED) is 0.417. The van der Waals surface area contributed by atoms with Crippen LogP contribution in [0.4, 0.5) is 18.9 Å². The second kappa shape index (κ2) is 11.8. The molecule has 2 aliphatic heterocycles. The maximum atomic E-state index is 13.9. The van der Waals surface area contributed by atoms with Gasteiger partial charge >= 0.3 is 12.1 Å². The number of thiophene rings is 1. The van der Waals surface area contributed by atoms with E-state index in [4.69, 9.17) is 21.5 Å². The van der Waals surface area contributed by atoms with Crippen molar-refractivity contribution in [3.63, 3.8) is 0 Å². The van der Waals surface area contributed by atoms with Crippen molar-refractivity contribution in [2.24, 2.45) is 0 Å². The zero-order valence-corrected chi connectivity index (χ0v) is 24.9. The van der Waals surface area contributed by atoms with Crippen LogP contribution in [-0.2, 0) is 19.6 Å². The number of piperidine rings is 1. The number of hydrogen-bond donors (Lipinski definition) is 1. The molecule has 14 heteroatoms. The number of hydrogen-bond acceptors (Lipinski definition) is 6. The number of para-hydroxylation sites is 1. The first-order chi connectivity index (χ1) is 19.1. The summed E-state index contributed by atoms with van der Waals surface area (Å²) in [5.74, 6) is -3.29. The van der Waals surface area contributed by atoms with Gasteiger partial charge in [0.1, 0.15) is 4.21 Å². The number of carbonyl (C=O) groups excluding carboxylic acids is 1. The molecular weight excluding hydrogens is 603 g/mol. The summed E-state index contributed by atoms with van der Waals surface area (Å²) in [5, 5.41) is 8.55. The fourth-order valence-corrected chi connectivity index (χ4v) is 8.66.